The Labute approximate surface area is 111 Å². The summed E-state index contributed by atoms with van der Waals surface area (Å²) >= 11 is 0. The fraction of sp³-hybridized carbons (Fsp3) is 0.923. The van der Waals surface area contributed by atoms with Gasteiger partial charge >= 0.3 is 6.09 Å². The van der Waals surface area contributed by atoms with Crippen LogP contribution in [-0.4, -0.2) is 45.8 Å². The molecule has 0 aromatic rings. The van der Waals surface area contributed by atoms with E-state index < -0.39 is 29.3 Å². The maximum absolute atomic E-state index is 12.9. The summed E-state index contributed by atoms with van der Waals surface area (Å²) in [6.45, 7) is 5.42. The number of carbonyl (C=O) groups excluding carboxylic acids is 1. The zero-order valence-corrected chi connectivity index (χ0v) is 11.6. The number of amides is 1. The van der Waals surface area contributed by atoms with Crippen molar-refractivity contribution in [2.45, 2.75) is 69.6 Å². The summed E-state index contributed by atoms with van der Waals surface area (Å²) in [6.07, 6.45) is -2.10. The monoisotopic (exact) mass is 277 g/mol. The molecule has 0 bridgehead atoms. The summed E-state index contributed by atoms with van der Waals surface area (Å²) in [5, 5.41) is 9.93. The molecule has 110 valence electrons. The third-order valence-electron chi connectivity index (χ3n) is 3.82. The molecule has 1 spiro atoms. The van der Waals surface area contributed by atoms with Crippen molar-refractivity contribution in [1.29, 1.82) is 0 Å². The van der Waals surface area contributed by atoms with Crippen molar-refractivity contribution in [2.24, 2.45) is 0 Å². The van der Waals surface area contributed by atoms with Gasteiger partial charge in [0, 0.05) is 18.5 Å². The number of nitrogens with zero attached hydrogens (tertiary/aromatic N) is 1. The average Bonchev–Trinajstić information content (AvgIpc) is 2.94. The molecule has 0 aromatic heterocycles. The summed E-state index contributed by atoms with van der Waals surface area (Å²) in [4.78, 5) is 13.6. The molecule has 1 amide bonds. The van der Waals surface area contributed by atoms with Gasteiger partial charge in [-0.25, -0.2) is 13.6 Å². The first-order valence-corrected chi connectivity index (χ1v) is 6.59. The van der Waals surface area contributed by atoms with Crippen LogP contribution in [0.1, 0.15) is 46.5 Å². The molecule has 1 saturated heterocycles. The zero-order chi connectivity index (χ0) is 14.5. The molecule has 0 aromatic carbocycles. The molecule has 1 aliphatic heterocycles. The van der Waals surface area contributed by atoms with E-state index in [1.165, 1.54) is 4.90 Å². The van der Waals surface area contributed by atoms with Crippen LogP contribution in [0.3, 0.4) is 0 Å². The van der Waals surface area contributed by atoms with Gasteiger partial charge in [-0.15, -0.1) is 0 Å². The van der Waals surface area contributed by atoms with E-state index in [2.05, 4.69) is 0 Å². The topological polar surface area (TPSA) is 49.8 Å². The molecular formula is C13H21F2NO3. The van der Waals surface area contributed by atoms with Gasteiger partial charge in [0.15, 0.2) is 0 Å². The van der Waals surface area contributed by atoms with Crippen molar-refractivity contribution in [2.75, 3.05) is 6.54 Å². The van der Waals surface area contributed by atoms with E-state index in [-0.39, 0.29) is 19.4 Å². The Hall–Kier alpha value is -0.910. The van der Waals surface area contributed by atoms with Crippen LogP contribution in [0.5, 0.6) is 0 Å². The Bertz CT molecular complexity index is 377. The fourth-order valence-electron chi connectivity index (χ4n) is 2.68. The molecule has 0 radical (unpaired) electrons. The van der Waals surface area contributed by atoms with E-state index in [9.17, 15) is 18.7 Å². The molecule has 6 heteroatoms. The highest BCUT2D eigenvalue weighted by Gasteiger charge is 2.60. The first kappa shape index (κ1) is 14.5. The number of hydrogen-bond donors (Lipinski definition) is 1. The normalized spacial score (nSPS) is 29.7. The Morgan fingerprint density at radius 2 is 1.89 bits per heavy atom. The van der Waals surface area contributed by atoms with Gasteiger partial charge in [-0.1, -0.05) is 0 Å². The molecule has 2 fully saturated rings. The highest BCUT2D eigenvalue weighted by Crippen LogP contribution is 2.52. The van der Waals surface area contributed by atoms with Gasteiger partial charge in [0.25, 0.3) is 6.43 Å². The number of hydrogen-bond acceptors (Lipinski definition) is 3. The van der Waals surface area contributed by atoms with Crippen LogP contribution in [0.25, 0.3) is 0 Å². The van der Waals surface area contributed by atoms with Crippen molar-refractivity contribution < 1.29 is 23.4 Å². The van der Waals surface area contributed by atoms with Gasteiger partial charge in [0.2, 0.25) is 0 Å². The third kappa shape index (κ3) is 2.83. The second-order valence-electron chi connectivity index (χ2n) is 6.69. The second kappa shape index (κ2) is 4.30. The van der Waals surface area contributed by atoms with Crippen LogP contribution in [-0.2, 0) is 4.74 Å². The van der Waals surface area contributed by atoms with E-state index >= 15 is 0 Å². The Morgan fingerprint density at radius 1 is 1.32 bits per heavy atom. The second-order valence-corrected chi connectivity index (χ2v) is 6.69. The van der Waals surface area contributed by atoms with Crippen molar-refractivity contribution in [3.8, 4) is 0 Å². The van der Waals surface area contributed by atoms with Gasteiger partial charge in [0.05, 0.1) is 0 Å². The van der Waals surface area contributed by atoms with Crippen LogP contribution in [0, 0.1) is 0 Å². The van der Waals surface area contributed by atoms with E-state index in [0.717, 1.165) is 0 Å². The minimum absolute atomic E-state index is 0.0586. The van der Waals surface area contributed by atoms with Crippen LogP contribution in [0.15, 0.2) is 0 Å². The smallest absolute Gasteiger partial charge is 0.410 e. The molecule has 1 unspecified atom stereocenters. The van der Waals surface area contributed by atoms with Gasteiger partial charge in [-0.2, -0.15) is 0 Å². The summed E-state index contributed by atoms with van der Waals surface area (Å²) in [6, 6.07) is 0. The molecule has 4 nitrogen and oxygen atoms in total. The number of aliphatic hydroxyl groups is 1. The molecule has 1 heterocycles. The largest absolute Gasteiger partial charge is 0.444 e. The van der Waals surface area contributed by atoms with Gasteiger partial charge in [-0.3, -0.25) is 0 Å². The molecular weight excluding hydrogens is 256 g/mol. The van der Waals surface area contributed by atoms with E-state index in [1.54, 1.807) is 20.8 Å². The van der Waals surface area contributed by atoms with Crippen LogP contribution in [0.2, 0.25) is 0 Å². The standard InChI is InChI=1S/C13H21F2NO3/c1-11(2,3)19-10(17)16-7-6-13(18,9(14)15)8-12(16)4-5-12/h9,18H,4-8H2,1-3H3. The van der Waals surface area contributed by atoms with Crippen LogP contribution in [0.4, 0.5) is 13.6 Å². The lowest BCUT2D eigenvalue weighted by atomic mass is 9.85. The first-order chi connectivity index (χ1) is 8.58. The van der Waals surface area contributed by atoms with Crippen molar-refractivity contribution in [1.82, 2.24) is 4.90 Å². The number of likely N-dealkylation sites (tertiary alicyclic amines) is 1. The highest BCUT2D eigenvalue weighted by molar-refractivity contribution is 5.70. The Balaban J connectivity index is 2.08. The van der Waals surface area contributed by atoms with Crippen LogP contribution < -0.4 is 0 Å². The van der Waals surface area contributed by atoms with Crippen LogP contribution >= 0.6 is 0 Å². The maximum Gasteiger partial charge on any atom is 0.410 e. The lowest BCUT2D eigenvalue weighted by Crippen LogP contribution is -2.57. The Morgan fingerprint density at radius 3 is 2.32 bits per heavy atom. The number of alkyl halides is 2. The predicted octanol–water partition coefficient (Wildman–Crippen LogP) is 2.55. The number of rotatable bonds is 1. The van der Waals surface area contributed by atoms with Gasteiger partial charge in [0.1, 0.15) is 11.2 Å². The zero-order valence-electron chi connectivity index (χ0n) is 11.6. The molecule has 1 saturated carbocycles. The van der Waals surface area contributed by atoms with Crippen molar-refractivity contribution >= 4 is 6.09 Å². The number of piperidine rings is 1. The molecule has 1 N–H and O–H groups in total. The maximum atomic E-state index is 12.9. The van der Waals surface area contributed by atoms with E-state index in [1.807, 2.05) is 0 Å². The molecule has 1 atom stereocenters. The van der Waals surface area contributed by atoms with Gasteiger partial charge < -0.3 is 14.7 Å². The lowest BCUT2D eigenvalue weighted by Gasteiger charge is -2.44. The van der Waals surface area contributed by atoms with E-state index in [0.29, 0.717) is 12.8 Å². The number of halogens is 2. The average molecular weight is 277 g/mol. The van der Waals surface area contributed by atoms with Crippen molar-refractivity contribution in [3.63, 3.8) is 0 Å². The number of ether oxygens (including phenoxy) is 1. The first-order valence-electron chi connectivity index (χ1n) is 6.59. The van der Waals surface area contributed by atoms with Crippen molar-refractivity contribution in [3.05, 3.63) is 0 Å². The minimum Gasteiger partial charge on any atom is -0.444 e. The lowest BCUT2D eigenvalue weighted by molar-refractivity contribution is -0.142. The molecule has 2 aliphatic rings. The summed E-state index contributed by atoms with van der Waals surface area (Å²) < 4.78 is 31.1. The third-order valence-corrected chi connectivity index (χ3v) is 3.82. The summed E-state index contributed by atoms with van der Waals surface area (Å²) in [7, 11) is 0. The Kier molecular flexibility index (Phi) is 3.28. The quantitative estimate of drug-likeness (QED) is 0.801. The fourth-order valence-corrected chi connectivity index (χ4v) is 2.68. The predicted molar refractivity (Wildman–Crippen MR) is 65.1 cm³/mol. The summed E-state index contributed by atoms with van der Waals surface area (Å²) in [5.41, 5.74) is -3.19. The minimum atomic E-state index is -2.77. The highest BCUT2D eigenvalue weighted by atomic mass is 19.3. The van der Waals surface area contributed by atoms with E-state index in [4.69, 9.17) is 4.74 Å². The van der Waals surface area contributed by atoms with Gasteiger partial charge in [-0.05, 0) is 40.0 Å². The summed E-state index contributed by atoms with van der Waals surface area (Å²) in [5.74, 6) is 0. The molecule has 19 heavy (non-hydrogen) atoms. The SMILES string of the molecule is CC(C)(C)OC(=O)N1CCC(O)(C(F)F)CC12CC2. The molecule has 2 rings (SSSR count). The molecule has 1 aliphatic carbocycles. The number of carbonyl (C=O) groups is 1.